The van der Waals surface area contributed by atoms with Crippen LogP contribution < -0.4 is 10.6 Å². The lowest BCUT2D eigenvalue weighted by molar-refractivity contribution is -0.155. The fourth-order valence-corrected chi connectivity index (χ4v) is 6.08. The summed E-state index contributed by atoms with van der Waals surface area (Å²) >= 11 is 0. The molecule has 1 saturated heterocycles. The van der Waals surface area contributed by atoms with E-state index in [9.17, 15) is 40.3 Å². The van der Waals surface area contributed by atoms with Gasteiger partial charge in [0.15, 0.2) is 11.3 Å². The van der Waals surface area contributed by atoms with Gasteiger partial charge in [-0.1, -0.05) is 0 Å². The summed E-state index contributed by atoms with van der Waals surface area (Å²) in [5.74, 6) is -9.43. The van der Waals surface area contributed by atoms with Crippen LogP contribution in [0.3, 0.4) is 0 Å². The van der Waals surface area contributed by atoms with Crippen LogP contribution in [0.4, 0.5) is 30.7 Å². The van der Waals surface area contributed by atoms with Gasteiger partial charge in [-0.2, -0.15) is 27.1 Å². The second-order valence-electron chi connectivity index (χ2n) is 12.0. The summed E-state index contributed by atoms with van der Waals surface area (Å²) in [5, 5.41) is 22.7. The first-order valence-corrected chi connectivity index (χ1v) is 14.4. The van der Waals surface area contributed by atoms with Crippen molar-refractivity contribution in [2.75, 3.05) is 0 Å². The number of fused-ring (bicyclic) bond motifs is 1. The summed E-state index contributed by atoms with van der Waals surface area (Å²) < 4.78 is 108. The van der Waals surface area contributed by atoms with Crippen molar-refractivity contribution in [3.8, 4) is 0 Å². The van der Waals surface area contributed by atoms with E-state index in [1.165, 1.54) is 29.9 Å². The Hall–Kier alpha value is -4.65. The Balaban J connectivity index is 1.33. The standard InChI is InChI=1S/C27H26F7N9O4/c1-12-39-40-23(46-12)25(9-16(27(32,33)34)37-22(25)45)8-13-7-17-36-15(11-43(17)35-10-13)18(14-3-5-26(30,31)6-4-14)38-21(44)19-20(24(2,28)29)42-47-41-19/h7,10-11,14,16,18H,3-6,8-9H2,1-2H3,(H,37,45)(H,38,44)/t16-,18-,25+/m0/s1. The molecule has 2 aliphatic rings. The number of aromatic nitrogens is 7. The van der Waals surface area contributed by atoms with E-state index in [1.54, 1.807) is 0 Å². The van der Waals surface area contributed by atoms with Crippen molar-refractivity contribution in [2.24, 2.45) is 5.92 Å². The number of nitrogens with one attached hydrogen (secondary N) is 2. The Morgan fingerprint density at radius 3 is 2.51 bits per heavy atom. The molecule has 2 amide bonds. The molecular weight excluding hydrogens is 647 g/mol. The number of amides is 2. The van der Waals surface area contributed by atoms with Crippen LogP contribution in [0.15, 0.2) is 27.5 Å². The number of imidazole rings is 1. The minimum atomic E-state index is -4.75. The number of nitrogens with zero attached hydrogens (tertiary/aromatic N) is 7. The molecule has 0 spiro atoms. The lowest BCUT2D eigenvalue weighted by atomic mass is 9.79. The molecular formula is C27H26F7N9O4. The molecule has 2 N–H and O–H groups in total. The van der Waals surface area contributed by atoms with Gasteiger partial charge in [0.2, 0.25) is 29.3 Å². The Morgan fingerprint density at radius 1 is 1.17 bits per heavy atom. The van der Waals surface area contributed by atoms with Crippen LogP contribution in [0, 0.1) is 12.8 Å². The van der Waals surface area contributed by atoms with Crippen LogP contribution >= 0.6 is 0 Å². The largest absolute Gasteiger partial charge is 0.424 e. The first kappa shape index (κ1) is 32.3. The van der Waals surface area contributed by atoms with Gasteiger partial charge in [0, 0.05) is 26.7 Å². The highest BCUT2D eigenvalue weighted by atomic mass is 19.4. The highest BCUT2D eigenvalue weighted by molar-refractivity contribution is 5.93. The maximum Gasteiger partial charge on any atom is 0.408 e. The van der Waals surface area contributed by atoms with E-state index < -0.39 is 83.9 Å². The molecule has 13 nitrogen and oxygen atoms in total. The van der Waals surface area contributed by atoms with Gasteiger partial charge in [0.1, 0.15) is 11.5 Å². The van der Waals surface area contributed by atoms with Crippen LogP contribution in [0.25, 0.3) is 5.65 Å². The molecule has 0 bridgehead atoms. The van der Waals surface area contributed by atoms with Gasteiger partial charge in [-0.15, -0.1) is 10.2 Å². The monoisotopic (exact) mass is 673 g/mol. The molecule has 0 unspecified atom stereocenters. The average molecular weight is 674 g/mol. The Bertz CT molecular complexity index is 1810. The fraction of sp³-hybridized carbons (Fsp3) is 0.556. The van der Waals surface area contributed by atoms with Gasteiger partial charge in [0.05, 0.1) is 24.1 Å². The Labute approximate surface area is 259 Å². The second kappa shape index (κ2) is 11.3. The molecule has 0 aromatic carbocycles. The van der Waals surface area contributed by atoms with Crippen molar-refractivity contribution >= 4 is 17.5 Å². The number of alkyl halides is 7. The quantitative estimate of drug-likeness (QED) is 0.260. The minimum absolute atomic E-state index is 0.0406. The van der Waals surface area contributed by atoms with Gasteiger partial charge >= 0.3 is 6.18 Å². The second-order valence-corrected chi connectivity index (χ2v) is 12.0. The summed E-state index contributed by atoms with van der Waals surface area (Å²) in [6, 6.07) is -1.79. The zero-order chi connectivity index (χ0) is 33.9. The van der Waals surface area contributed by atoms with Crippen LogP contribution in [-0.2, 0) is 22.6 Å². The van der Waals surface area contributed by atoms with Crippen LogP contribution in [-0.4, -0.2) is 65.1 Å². The molecule has 1 saturated carbocycles. The fourth-order valence-electron chi connectivity index (χ4n) is 6.08. The highest BCUT2D eigenvalue weighted by Gasteiger charge is 2.59. The lowest BCUT2D eigenvalue weighted by Gasteiger charge is -2.33. The predicted octanol–water partition coefficient (Wildman–Crippen LogP) is 4.14. The third kappa shape index (κ3) is 6.23. The van der Waals surface area contributed by atoms with Gasteiger partial charge in [-0.25, -0.2) is 22.9 Å². The van der Waals surface area contributed by atoms with Crippen LogP contribution in [0.5, 0.6) is 0 Å². The van der Waals surface area contributed by atoms with Crippen molar-refractivity contribution < 1.29 is 49.4 Å². The van der Waals surface area contributed by atoms with E-state index in [1.807, 2.05) is 5.32 Å². The molecule has 20 heteroatoms. The summed E-state index contributed by atoms with van der Waals surface area (Å²) in [7, 11) is 0. The zero-order valence-corrected chi connectivity index (χ0v) is 24.6. The van der Waals surface area contributed by atoms with E-state index in [0.29, 0.717) is 6.92 Å². The van der Waals surface area contributed by atoms with E-state index in [-0.39, 0.29) is 47.9 Å². The number of carbonyl (C=O) groups excluding carboxylic acids is 2. The Kier molecular flexibility index (Phi) is 7.73. The minimum Gasteiger partial charge on any atom is -0.424 e. The molecule has 5 heterocycles. The van der Waals surface area contributed by atoms with Crippen molar-refractivity contribution in [3.63, 3.8) is 0 Å². The normalized spacial score (nSPS) is 22.8. The van der Waals surface area contributed by atoms with Gasteiger partial charge in [-0.3, -0.25) is 9.59 Å². The third-order valence-electron chi connectivity index (χ3n) is 8.48. The SMILES string of the molecule is Cc1nnc([C@]2(Cc3cnn4cc([C@@H](NC(=O)c5nonc5C(C)(F)F)C5CCC(F)(F)CC5)nc4c3)C[C@@H](C(F)(F)F)NC2=O)o1. The molecule has 1 aliphatic heterocycles. The van der Waals surface area contributed by atoms with Crippen molar-refractivity contribution in [2.45, 2.75) is 87.9 Å². The van der Waals surface area contributed by atoms with E-state index in [4.69, 9.17) is 4.42 Å². The smallest absolute Gasteiger partial charge is 0.408 e. The summed E-state index contributed by atoms with van der Waals surface area (Å²) in [4.78, 5) is 30.7. The number of aryl methyl sites for hydroxylation is 1. The van der Waals surface area contributed by atoms with E-state index in [2.05, 4.69) is 40.5 Å². The summed E-state index contributed by atoms with van der Waals surface area (Å²) in [6.07, 6.45) is -4.16. The molecule has 4 aromatic heterocycles. The van der Waals surface area contributed by atoms with Gasteiger partial charge < -0.3 is 15.1 Å². The van der Waals surface area contributed by atoms with Crippen molar-refractivity contribution in [1.29, 1.82) is 0 Å². The number of hydrogen-bond donors (Lipinski definition) is 2. The highest BCUT2D eigenvalue weighted by Crippen LogP contribution is 2.43. The molecule has 1 aliphatic carbocycles. The molecule has 47 heavy (non-hydrogen) atoms. The van der Waals surface area contributed by atoms with E-state index in [0.717, 1.165) is 0 Å². The van der Waals surface area contributed by atoms with E-state index >= 15 is 0 Å². The third-order valence-corrected chi connectivity index (χ3v) is 8.48. The summed E-state index contributed by atoms with van der Waals surface area (Å²) in [5.41, 5.74) is -3.15. The molecule has 6 rings (SSSR count). The number of rotatable bonds is 8. The first-order valence-electron chi connectivity index (χ1n) is 14.4. The van der Waals surface area contributed by atoms with Gasteiger partial charge in [0.25, 0.3) is 11.8 Å². The number of hydrogen-bond acceptors (Lipinski definition) is 10. The number of carbonyl (C=O) groups is 2. The first-order chi connectivity index (χ1) is 21.9. The predicted molar refractivity (Wildman–Crippen MR) is 141 cm³/mol. The Morgan fingerprint density at radius 2 is 1.89 bits per heavy atom. The topological polar surface area (TPSA) is 166 Å². The molecule has 3 atom stereocenters. The molecule has 0 radical (unpaired) electrons. The molecule has 2 fully saturated rings. The maximum absolute atomic E-state index is 14.0. The average Bonchev–Trinajstić information content (AvgIpc) is 3.77. The zero-order valence-electron chi connectivity index (χ0n) is 24.6. The molecule has 4 aromatic rings. The van der Waals surface area contributed by atoms with Crippen LogP contribution in [0.2, 0.25) is 0 Å². The van der Waals surface area contributed by atoms with Gasteiger partial charge in [-0.05, 0) is 53.5 Å². The van der Waals surface area contributed by atoms with Crippen LogP contribution in [0.1, 0.15) is 84.3 Å². The maximum atomic E-state index is 14.0. The lowest BCUT2D eigenvalue weighted by Crippen LogP contribution is -2.40. The molecule has 252 valence electrons. The van der Waals surface area contributed by atoms with Crippen molar-refractivity contribution in [1.82, 2.24) is 45.7 Å². The summed E-state index contributed by atoms with van der Waals surface area (Å²) in [6.45, 7) is 1.92. The number of halogens is 7. The van der Waals surface area contributed by atoms with Crippen molar-refractivity contribution in [3.05, 3.63) is 52.9 Å².